The molecule has 1 aromatic heterocycles. The van der Waals surface area contributed by atoms with E-state index in [-0.39, 0.29) is 11.3 Å². The largest absolute Gasteiger partial charge is 0.416 e. The van der Waals surface area contributed by atoms with Gasteiger partial charge in [0.05, 0.1) is 22.7 Å². The van der Waals surface area contributed by atoms with Crippen molar-refractivity contribution >= 4 is 15.7 Å². The lowest BCUT2D eigenvalue weighted by Gasteiger charge is -2.14. The summed E-state index contributed by atoms with van der Waals surface area (Å²) >= 11 is 0. The summed E-state index contributed by atoms with van der Waals surface area (Å²) in [4.78, 5) is 3.92. The highest BCUT2D eigenvalue weighted by molar-refractivity contribution is 7.91. The van der Waals surface area contributed by atoms with Crippen molar-refractivity contribution < 1.29 is 21.6 Å². The van der Waals surface area contributed by atoms with Gasteiger partial charge >= 0.3 is 6.18 Å². The van der Waals surface area contributed by atoms with Crippen LogP contribution in [0.2, 0.25) is 0 Å². The van der Waals surface area contributed by atoms with Gasteiger partial charge in [0.1, 0.15) is 0 Å². The second-order valence-electron chi connectivity index (χ2n) is 4.65. The number of sulfonamides is 1. The molecule has 2 rings (SSSR count). The van der Waals surface area contributed by atoms with Gasteiger partial charge in [0.15, 0.2) is 0 Å². The molecule has 0 fully saturated rings. The fourth-order valence-corrected chi connectivity index (χ4v) is 3.21. The lowest BCUT2D eigenvalue weighted by Crippen LogP contribution is -2.19. The number of anilines is 1. The Labute approximate surface area is 126 Å². The van der Waals surface area contributed by atoms with E-state index in [1.165, 1.54) is 30.5 Å². The number of alkyl halides is 3. The number of aryl methyl sites for hydroxylation is 1. The Bertz CT molecular complexity index is 774. The van der Waals surface area contributed by atoms with Crippen molar-refractivity contribution in [2.75, 3.05) is 4.72 Å². The van der Waals surface area contributed by atoms with Gasteiger partial charge < -0.3 is 0 Å². The molecule has 4 nitrogen and oxygen atoms in total. The number of halogens is 3. The highest BCUT2D eigenvalue weighted by atomic mass is 32.2. The normalized spacial score (nSPS) is 12.2. The molecule has 2 aromatic rings. The van der Waals surface area contributed by atoms with Crippen LogP contribution in [0.1, 0.15) is 16.8 Å². The zero-order valence-corrected chi connectivity index (χ0v) is 12.4. The molecule has 22 heavy (non-hydrogen) atoms. The van der Waals surface area contributed by atoms with E-state index in [9.17, 15) is 21.6 Å². The van der Waals surface area contributed by atoms with Gasteiger partial charge in [-0.1, -0.05) is 18.2 Å². The molecule has 1 aromatic carbocycles. The van der Waals surface area contributed by atoms with Gasteiger partial charge in [0, 0.05) is 6.20 Å². The van der Waals surface area contributed by atoms with E-state index in [1.54, 1.807) is 6.92 Å². The van der Waals surface area contributed by atoms with Gasteiger partial charge in [-0.05, 0) is 30.7 Å². The first-order valence-corrected chi connectivity index (χ1v) is 7.91. The first kappa shape index (κ1) is 16.3. The zero-order chi connectivity index (χ0) is 16.4. The fourth-order valence-electron chi connectivity index (χ4n) is 1.92. The van der Waals surface area contributed by atoms with Crippen LogP contribution in [-0.4, -0.2) is 13.4 Å². The number of nitrogens with zero attached hydrogens (tertiary/aromatic N) is 1. The molecular weight excluding hydrogens is 317 g/mol. The molecule has 0 aliphatic heterocycles. The van der Waals surface area contributed by atoms with Gasteiger partial charge in [0.25, 0.3) is 0 Å². The molecule has 0 saturated carbocycles. The molecule has 0 unspecified atom stereocenters. The third kappa shape index (κ3) is 3.97. The highest BCUT2D eigenvalue weighted by Crippen LogP contribution is 2.32. The number of hydrogen-bond donors (Lipinski definition) is 1. The van der Waals surface area contributed by atoms with Gasteiger partial charge in [-0.25, -0.2) is 8.42 Å². The number of benzene rings is 1. The van der Waals surface area contributed by atoms with E-state index in [1.807, 2.05) is 0 Å². The third-order valence-electron chi connectivity index (χ3n) is 2.94. The van der Waals surface area contributed by atoms with E-state index in [4.69, 9.17) is 0 Å². The van der Waals surface area contributed by atoms with Crippen molar-refractivity contribution in [1.82, 2.24) is 4.98 Å². The maximum Gasteiger partial charge on any atom is 0.416 e. The Balaban J connectivity index is 2.29. The summed E-state index contributed by atoms with van der Waals surface area (Å²) < 4.78 is 65.1. The van der Waals surface area contributed by atoms with Crippen molar-refractivity contribution in [3.63, 3.8) is 0 Å². The van der Waals surface area contributed by atoms with Gasteiger partial charge in [-0.3, -0.25) is 9.71 Å². The zero-order valence-electron chi connectivity index (χ0n) is 11.6. The van der Waals surface area contributed by atoms with Crippen LogP contribution in [0.3, 0.4) is 0 Å². The number of nitrogens with one attached hydrogen (secondary N) is 1. The molecule has 0 amide bonds. The summed E-state index contributed by atoms with van der Waals surface area (Å²) in [5, 5.41) is 0. The van der Waals surface area contributed by atoms with Crippen LogP contribution in [-0.2, 0) is 22.0 Å². The highest BCUT2D eigenvalue weighted by Gasteiger charge is 2.34. The molecule has 0 aliphatic carbocycles. The number of rotatable bonds is 4. The van der Waals surface area contributed by atoms with Crippen LogP contribution in [0.25, 0.3) is 0 Å². The minimum atomic E-state index is -4.60. The van der Waals surface area contributed by atoms with Crippen LogP contribution in [0.5, 0.6) is 0 Å². The van der Waals surface area contributed by atoms with Gasteiger partial charge in [0.2, 0.25) is 10.0 Å². The summed E-state index contributed by atoms with van der Waals surface area (Å²) in [6.45, 7) is 1.60. The maximum absolute atomic E-state index is 12.9. The number of pyridine rings is 1. The molecule has 0 aliphatic rings. The van der Waals surface area contributed by atoms with E-state index in [0.717, 1.165) is 12.1 Å². The Morgan fingerprint density at radius 1 is 1.14 bits per heavy atom. The Hall–Kier alpha value is -2.09. The summed E-state index contributed by atoms with van der Waals surface area (Å²) in [6, 6.07) is 7.63. The lowest BCUT2D eigenvalue weighted by molar-refractivity contribution is -0.138. The molecule has 8 heteroatoms. The van der Waals surface area contributed by atoms with Crippen LogP contribution in [0, 0.1) is 6.92 Å². The summed E-state index contributed by atoms with van der Waals surface area (Å²) in [5.41, 5.74) is -0.575. The predicted octanol–water partition coefficient (Wildman–Crippen LogP) is 3.35. The van der Waals surface area contributed by atoms with E-state index < -0.39 is 27.5 Å². The summed E-state index contributed by atoms with van der Waals surface area (Å²) in [5.74, 6) is -0.767. The van der Waals surface area contributed by atoms with Crippen LogP contribution >= 0.6 is 0 Å². The molecule has 1 N–H and O–H groups in total. The summed E-state index contributed by atoms with van der Waals surface area (Å²) in [6.07, 6.45) is -3.11. The van der Waals surface area contributed by atoms with Crippen molar-refractivity contribution in [3.05, 3.63) is 59.4 Å². The van der Waals surface area contributed by atoms with Gasteiger partial charge in [-0.15, -0.1) is 0 Å². The maximum atomic E-state index is 12.9. The van der Waals surface area contributed by atoms with Crippen molar-refractivity contribution in [1.29, 1.82) is 0 Å². The molecule has 0 atom stereocenters. The van der Waals surface area contributed by atoms with Crippen LogP contribution in [0.15, 0.2) is 42.6 Å². The average Bonchev–Trinajstić information content (AvgIpc) is 2.40. The Morgan fingerprint density at radius 2 is 1.82 bits per heavy atom. The molecule has 0 saturated heterocycles. The van der Waals surface area contributed by atoms with Crippen LogP contribution < -0.4 is 4.72 Å². The lowest BCUT2D eigenvalue weighted by atomic mass is 10.1. The van der Waals surface area contributed by atoms with E-state index in [0.29, 0.717) is 5.69 Å². The second-order valence-corrected chi connectivity index (χ2v) is 6.37. The molecule has 0 radical (unpaired) electrons. The van der Waals surface area contributed by atoms with Crippen molar-refractivity contribution in [2.24, 2.45) is 0 Å². The van der Waals surface area contributed by atoms with Crippen LogP contribution in [0.4, 0.5) is 18.9 Å². The average molecular weight is 330 g/mol. The van der Waals surface area contributed by atoms with Crippen molar-refractivity contribution in [2.45, 2.75) is 18.9 Å². The topological polar surface area (TPSA) is 59.1 Å². The monoisotopic (exact) mass is 330 g/mol. The Morgan fingerprint density at radius 3 is 2.45 bits per heavy atom. The minimum absolute atomic E-state index is 0.243. The molecule has 0 bridgehead atoms. The first-order valence-electron chi connectivity index (χ1n) is 6.26. The molecular formula is C14H13F3N2O2S. The summed E-state index contributed by atoms with van der Waals surface area (Å²) in [7, 11) is -3.98. The molecule has 118 valence electrons. The number of hydrogen-bond acceptors (Lipinski definition) is 3. The molecule has 1 heterocycles. The fraction of sp³-hybridized carbons (Fsp3) is 0.214. The SMILES string of the molecule is Cc1ncccc1NS(=O)(=O)Cc1ccccc1C(F)(F)F. The quantitative estimate of drug-likeness (QED) is 0.935. The third-order valence-corrected chi connectivity index (χ3v) is 4.16. The van der Waals surface area contributed by atoms with Gasteiger partial charge in [-0.2, -0.15) is 13.2 Å². The van der Waals surface area contributed by atoms with E-state index in [2.05, 4.69) is 9.71 Å². The standard InChI is InChI=1S/C14H13F3N2O2S/c1-10-13(7-4-8-18-10)19-22(20,21)9-11-5-2-3-6-12(11)14(15,16)17/h2-8,19H,9H2,1H3. The Kier molecular flexibility index (Phi) is 4.41. The first-order chi connectivity index (χ1) is 10.2. The second kappa shape index (κ2) is 5.96. The minimum Gasteiger partial charge on any atom is -0.281 e. The van der Waals surface area contributed by atoms with Crippen molar-refractivity contribution in [3.8, 4) is 0 Å². The molecule has 0 spiro atoms. The smallest absolute Gasteiger partial charge is 0.281 e. The number of aromatic nitrogens is 1. The predicted molar refractivity (Wildman–Crippen MR) is 76.7 cm³/mol. The van der Waals surface area contributed by atoms with E-state index >= 15 is 0 Å².